The molecule has 0 atom stereocenters. The van der Waals surface area contributed by atoms with Crippen LogP contribution in [0.1, 0.15) is 98.5 Å². The van der Waals surface area contributed by atoms with Crippen LogP contribution in [0.15, 0.2) is 40.3 Å². The number of carbonyl (C=O) groups is 1. The molecule has 6 nitrogen and oxygen atoms in total. The van der Waals surface area contributed by atoms with Crippen molar-refractivity contribution in [1.29, 1.82) is 0 Å². The Morgan fingerprint density at radius 3 is 1.97 bits per heavy atom. The average molecular weight is 519 g/mol. The van der Waals surface area contributed by atoms with Crippen molar-refractivity contribution in [3.8, 4) is 35.5 Å². The first-order chi connectivity index (χ1) is 18.1. The predicted octanol–water partition coefficient (Wildman–Crippen LogP) is 6.48. The summed E-state index contributed by atoms with van der Waals surface area (Å²) in [6.07, 6.45) is 10.3. The number of unbranched alkanes of at least 4 members (excludes halogenated alkanes) is 6. The van der Waals surface area contributed by atoms with Gasteiger partial charge in [0.05, 0.1) is 0 Å². The van der Waals surface area contributed by atoms with E-state index in [1.54, 1.807) is 13.8 Å². The second-order valence-electron chi connectivity index (χ2n) is 9.35. The number of hydrogen-bond acceptors (Lipinski definition) is 5. The number of nitrogens with zero attached hydrogens (tertiary/aromatic N) is 3. The molecular formula is C32H46N4O2. The number of amidine groups is 1. The molecule has 0 amide bonds. The highest BCUT2D eigenvalue weighted by Gasteiger charge is 2.24. The van der Waals surface area contributed by atoms with E-state index in [-0.39, 0.29) is 5.66 Å². The van der Waals surface area contributed by atoms with Crippen LogP contribution in [-0.2, 0) is 11.3 Å². The number of aliphatic carboxylic acids is 1. The first-order valence-electron chi connectivity index (χ1n) is 13.4. The fourth-order valence-corrected chi connectivity index (χ4v) is 3.47. The van der Waals surface area contributed by atoms with E-state index >= 15 is 0 Å². The van der Waals surface area contributed by atoms with Crippen molar-refractivity contribution in [3.63, 3.8) is 0 Å². The number of rotatable bonds is 10. The Kier molecular flexibility index (Phi) is 19.3. The minimum absolute atomic E-state index is 0.387. The van der Waals surface area contributed by atoms with Crippen LogP contribution in [0, 0.1) is 35.5 Å². The van der Waals surface area contributed by atoms with Gasteiger partial charge < -0.3 is 15.3 Å². The van der Waals surface area contributed by atoms with Gasteiger partial charge in [-0.25, -0.2) is 9.98 Å². The molecule has 1 aliphatic heterocycles. The quantitative estimate of drug-likeness (QED) is 0.274. The maximum absolute atomic E-state index is 9.00. The van der Waals surface area contributed by atoms with Crippen molar-refractivity contribution in [2.45, 2.75) is 105 Å². The first-order valence-corrected chi connectivity index (χ1v) is 13.4. The normalized spacial score (nSPS) is 12.3. The molecule has 0 bridgehead atoms. The molecule has 2 N–H and O–H groups in total. The fraction of sp³-hybridized carbons (Fsp3) is 0.531. The summed E-state index contributed by atoms with van der Waals surface area (Å²) in [5, 5.41) is 10.9. The molecular weight excluding hydrogens is 472 g/mol. The van der Waals surface area contributed by atoms with Gasteiger partial charge in [0.1, 0.15) is 11.5 Å². The number of carboxylic acid groups (broad SMARTS) is 1. The number of carboxylic acids is 1. The second-order valence-corrected chi connectivity index (χ2v) is 9.35. The highest BCUT2D eigenvalue weighted by molar-refractivity contribution is 6.01. The molecule has 0 aliphatic carbocycles. The number of aliphatic imine (C=N–C) groups is 2. The van der Waals surface area contributed by atoms with Gasteiger partial charge in [-0.15, -0.1) is 0 Å². The molecule has 0 spiro atoms. The highest BCUT2D eigenvalue weighted by atomic mass is 16.4. The molecule has 0 saturated carbocycles. The van der Waals surface area contributed by atoms with Crippen molar-refractivity contribution >= 4 is 17.8 Å². The third-order valence-corrected chi connectivity index (χ3v) is 5.12. The van der Waals surface area contributed by atoms with E-state index in [0.717, 1.165) is 31.7 Å². The van der Waals surface area contributed by atoms with Gasteiger partial charge in [-0.3, -0.25) is 4.79 Å². The molecule has 0 aromatic heterocycles. The smallest absolute Gasteiger partial charge is 0.300 e. The molecule has 1 heterocycles. The zero-order chi connectivity index (χ0) is 28.7. The largest absolute Gasteiger partial charge is 0.481 e. The fourth-order valence-electron chi connectivity index (χ4n) is 3.47. The summed E-state index contributed by atoms with van der Waals surface area (Å²) in [6.45, 7) is 11.8. The third kappa shape index (κ3) is 19.5. The standard InChI is InChI=1S/C22H36N4.C8H6.C2H4O2/c1-5-6-7-8-9-10-14-17-20-23-21(25-22(2,3)24-20)26(4)18-19-15-12-11-13-16-19;1-3-5-7-8-6-4-2;1-2(3)4/h11-13,15-16H,5-10,14,17-18H2,1-4H3,(H,23,24,25);1-2H3;1H3,(H,3,4). The lowest BCUT2D eigenvalue weighted by molar-refractivity contribution is -0.134. The van der Waals surface area contributed by atoms with Gasteiger partial charge in [0, 0.05) is 26.9 Å². The van der Waals surface area contributed by atoms with E-state index in [1.165, 1.54) is 50.5 Å². The summed E-state index contributed by atoms with van der Waals surface area (Å²) in [7, 11) is 2.09. The number of nitrogens with one attached hydrogen (secondary N) is 1. The molecule has 6 heteroatoms. The van der Waals surface area contributed by atoms with Crippen LogP contribution in [0.2, 0.25) is 0 Å². The van der Waals surface area contributed by atoms with Crippen molar-refractivity contribution in [2.75, 3.05) is 7.05 Å². The molecule has 0 unspecified atom stereocenters. The topological polar surface area (TPSA) is 77.3 Å². The Labute approximate surface area is 231 Å². The lowest BCUT2D eigenvalue weighted by atomic mass is 10.1. The van der Waals surface area contributed by atoms with Gasteiger partial charge in [0.25, 0.3) is 5.97 Å². The molecule has 1 aromatic carbocycles. The molecule has 1 aliphatic rings. The van der Waals surface area contributed by atoms with Crippen molar-refractivity contribution < 1.29 is 9.90 Å². The zero-order valence-corrected chi connectivity index (χ0v) is 24.4. The highest BCUT2D eigenvalue weighted by Crippen LogP contribution is 2.18. The van der Waals surface area contributed by atoms with Gasteiger partial charge in [-0.1, -0.05) is 87.6 Å². The van der Waals surface area contributed by atoms with Crippen LogP contribution in [0.25, 0.3) is 0 Å². The van der Waals surface area contributed by atoms with E-state index < -0.39 is 5.97 Å². The monoisotopic (exact) mass is 518 g/mol. The van der Waals surface area contributed by atoms with Crippen LogP contribution >= 0.6 is 0 Å². The first kappa shape index (κ1) is 34.3. The van der Waals surface area contributed by atoms with E-state index in [9.17, 15) is 0 Å². The van der Waals surface area contributed by atoms with Crippen LogP contribution in [0.5, 0.6) is 0 Å². The van der Waals surface area contributed by atoms with Crippen LogP contribution in [0.4, 0.5) is 0 Å². The van der Waals surface area contributed by atoms with Gasteiger partial charge in [-0.2, -0.15) is 0 Å². The summed E-state index contributed by atoms with van der Waals surface area (Å²) in [4.78, 5) is 20.8. The summed E-state index contributed by atoms with van der Waals surface area (Å²) in [6, 6.07) is 10.5. The number of hydrogen-bond donors (Lipinski definition) is 2. The van der Waals surface area contributed by atoms with E-state index in [1.807, 2.05) is 0 Å². The van der Waals surface area contributed by atoms with Crippen LogP contribution < -0.4 is 5.32 Å². The molecule has 2 rings (SSSR count). The van der Waals surface area contributed by atoms with E-state index in [0.29, 0.717) is 0 Å². The van der Waals surface area contributed by atoms with Crippen LogP contribution in [-0.4, -0.2) is 40.5 Å². The van der Waals surface area contributed by atoms with Crippen molar-refractivity contribution in [2.24, 2.45) is 9.98 Å². The number of benzene rings is 1. The molecule has 38 heavy (non-hydrogen) atoms. The lowest BCUT2D eigenvalue weighted by Crippen LogP contribution is -2.47. The maximum Gasteiger partial charge on any atom is 0.300 e. The Hall–Kier alpha value is -3.69. The van der Waals surface area contributed by atoms with Crippen molar-refractivity contribution in [3.05, 3.63) is 35.9 Å². The minimum Gasteiger partial charge on any atom is -0.481 e. The molecule has 0 radical (unpaired) electrons. The van der Waals surface area contributed by atoms with Gasteiger partial charge >= 0.3 is 0 Å². The van der Waals surface area contributed by atoms with E-state index in [2.05, 4.69) is 104 Å². The lowest BCUT2D eigenvalue weighted by Gasteiger charge is -2.31. The van der Waals surface area contributed by atoms with Crippen LogP contribution in [0.3, 0.4) is 0 Å². The molecule has 206 valence electrons. The Bertz CT molecular complexity index is 1030. The summed E-state index contributed by atoms with van der Waals surface area (Å²) < 4.78 is 0. The Morgan fingerprint density at radius 2 is 1.45 bits per heavy atom. The average Bonchev–Trinajstić information content (AvgIpc) is 2.86. The number of guanidine groups is 1. The molecule has 0 saturated heterocycles. The Balaban J connectivity index is 0.000000951. The van der Waals surface area contributed by atoms with E-state index in [4.69, 9.17) is 19.9 Å². The molecule has 1 aromatic rings. The summed E-state index contributed by atoms with van der Waals surface area (Å²) in [5.74, 6) is 16.7. The SMILES string of the molecule is CC#CC#CC#CC.CC(=O)O.CCCCCCCCCC1=NC(C)(C)N=C(N(C)Cc2ccccc2)N1. The predicted molar refractivity (Wildman–Crippen MR) is 161 cm³/mol. The second kappa shape index (κ2) is 21.4. The van der Waals surface area contributed by atoms with Gasteiger partial charge in [0.2, 0.25) is 5.96 Å². The van der Waals surface area contributed by atoms with Gasteiger partial charge in [0.15, 0.2) is 0 Å². The summed E-state index contributed by atoms with van der Waals surface area (Å²) in [5.41, 5.74) is 0.899. The Morgan fingerprint density at radius 1 is 0.921 bits per heavy atom. The summed E-state index contributed by atoms with van der Waals surface area (Å²) >= 11 is 0. The maximum atomic E-state index is 9.00. The van der Waals surface area contributed by atoms with Gasteiger partial charge in [-0.05, 0) is 63.4 Å². The zero-order valence-electron chi connectivity index (χ0n) is 24.4. The minimum atomic E-state index is -0.833. The van der Waals surface area contributed by atoms with Crippen molar-refractivity contribution in [1.82, 2.24) is 10.2 Å². The third-order valence-electron chi connectivity index (χ3n) is 5.12. The molecule has 0 fully saturated rings.